The monoisotopic (exact) mass is 347 g/mol. The molecule has 0 heterocycles. The second-order valence-electron chi connectivity index (χ2n) is 1.23. The quantitative estimate of drug-likeness (QED) is 0.358. The molecule has 0 aliphatic heterocycles. The maximum Gasteiger partial charge on any atom is 1.00 e. The van der Waals surface area contributed by atoms with Crippen molar-refractivity contribution in [1.29, 1.82) is 0 Å². The molecule has 0 aromatic carbocycles. The van der Waals surface area contributed by atoms with Crippen molar-refractivity contribution in [2.75, 3.05) is 0 Å². The molecule has 0 unspecified atom stereocenters. The molecule has 0 spiro atoms. The summed E-state index contributed by atoms with van der Waals surface area (Å²) in [6.45, 7) is 0. The Balaban J connectivity index is -0.0000000338. The van der Waals surface area contributed by atoms with Crippen LogP contribution in [-0.4, -0.2) is 9.79 Å². The van der Waals surface area contributed by atoms with Crippen molar-refractivity contribution >= 4 is 23.9 Å². The summed E-state index contributed by atoms with van der Waals surface area (Å²) in [5.41, 5.74) is 0. The molecule has 0 aliphatic rings. The van der Waals surface area contributed by atoms with Crippen LogP contribution in [0.15, 0.2) is 0 Å². The molecule has 17 heavy (non-hydrogen) atoms. The summed E-state index contributed by atoms with van der Waals surface area (Å²) < 4.78 is 29.9. The van der Waals surface area contributed by atoms with Gasteiger partial charge >= 0.3 is 126 Å². The van der Waals surface area contributed by atoms with Gasteiger partial charge in [-0.1, -0.05) is 0 Å². The summed E-state index contributed by atoms with van der Waals surface area (Å²) in [7, 11) is -14.2. The van der Waals surface area contributed by atoms with Gasteiger partial charge in [0.25, 0.3) is 0 Å². The average molecular weight is 347 g/mol. The molecule has 0 radical (unpaired) electrons. The number of hydrogen-bond acceptors (Lipinski definition) is 8. The van der Waals surface area contributed by atoms with Crippen molar-refractivity contribution in [3.63, 3.8) is 0 Å². The van der Waals surface area contributed by atoms with E-state index >= 15 is 0 Å². The first-order valence-corrected chi connectivity index (χ1v) is 6.13. The van der Waals surface area contributed by atoms with Crippen LogP contribution in [0.1, 0.15) is 0 Å². The van der Waals surface area contributed by atoms with Gasteiger partial charge < -0.3 is 33.0 Å². The molecule has 2 N–H and O–H groups in total. The van der Waals surface area contributed by atoms with Crippen LogP contribution in [0.4, 0.5) is 0 Å². The van der Waals surface area contributed by atoms with Crippen molar-refractivity contribution in [1.82, 2.24) is 0 Å². The van der Waals surface area contributed by atoms with E-state index in [-0.39, 0.29) is 118 Å². The first-order chi connectivity index (χ1) is 5.44. The van der Waals surface area contributed by atoms with Crippen molar-refractivity contribution < 1.29 is 166 Å². The topological polar surface area (TPSA) is 193 Å². The Kier molecular flexibility index (Phi) is 40.4. The second kappa shape index (κ2) is 18.3. The number of phosphoric acid groups is 2. The van der Waals surface area contributed by atoms with Crippen molar-refractivity contribution in [3.05, 3.63) is 0 Å². The van der Waals surface area contributed by atoms with Crippen LogP contribution in [0.5, 0.6) is 0 Å². The number of hydrogen-bond donors (Lipinski definition) is 2. The minimum absolute atomic E-state index is 0. The molecule has 0 amide bonds. The third-order valence-electron chi connectivity index (χ3n) is 0.200. The third kappa shape index (κ3) is 64.1. The SMILES string of the molecule is O=P([O-])([O-])OP(=O)([O-])[O-].O=[P+](O)O.[Na+].[Na+].[Na+].[Na+]. The van der Waals surface area contributed by atoms with E-state index in [9.17, 15) is 28.7 Å². The van der Waals surface area contributed by atoms with Gasteiger partial charge in [-0.2, -0.15) is 0 Å². The van der Waals surface area contributed by atoms with E-state index in [0.717, 1.165) is 0 Å². The van der Waals surface area contributed by atoms with E-state index in [1.165, 1.54) is 0 Å². The Morgan fingerprint density at radius 1 is 0.824 bits per heavy atom. The maximum atomic E-state index is 9.32. The van der Waals surface area contributed by atoms with Gasteiger partial charge in [-0.15, -0.1) is 9.79 Å². The smallest absolute Gasteiger partial charge is 0.790 e. The van der Waals surface area contributed by atoms with Gasteiger partial charge in [0.1, 0.15) is 0 Å². The zero-order valence-corrected chi connectivity index (χ0v) is 20.2. The fraction of sp³-hybridized carbons (Fsp3) is 0. The molecular formula is H2Na4O10P3+. The van der Waals surface area contributed by atoms with Crippen LogP contribution in [0.25, 0.3) is 0 Å². The molecule has 0 aromatic heterocycles. The summed E-state index contributed by atoms with van der Waals surface area (Å²) in [6, 6.07) is 0. The molecule has 10 nitrogen and oxygen atoms in total. The molecule has 0 fully saturated rings. The molecular weight excluding hydrogens is 345 g/mol. The second-order valence-corrected chi connectivity index (χ2v) is 4.18. The van der Waals surface area contributed by atoms with Gasteiger partial charge in [0.05, 0.1) is 15.6 Å². The van der Waals surface area contributed by atoms with E-state index in [2.05, 4.69) is 4.31 Å². The molecule has 0 saturated heterocycles. The van der Waals surface area contributed by atoms with Gasteiger partial charge in [-0.3, -0.25) is 0 Å². The minimum atomic E-state index is -5.68. The van der Waals surface area contributed by atoms with Crippen molar-refractivity contribution in [3.8, 4) is 0 Å². The Hall–Kier alpha value is 4.28. The fourth-order valence-electron chi connectivity index (χ4n) is 0.122. The zero-order valence-electron chi connectivity index (χ0n) is 9.50. The molecule has 0 rings (SSSR count). The first kappa shape index (κ1) is 37.5. The standard InChI is InChI=1S/4Na.H4O7P2.HO3P/c;;;;1-8(2,3)7-9(4,5)6;1-4(2)3/h;;;;(H2,1,2,3)(H2,4,5,6);(H-,1,2,3)/q4*+1;;/p-3. The third-order valence-corrected chi connectivity index (χ3v) is 1.80. The molecule has 80 valence electrons. The Bertz CT molecular complexity index is 228. The Morgan fingerprint density at radius 2 is 0.941 bits per heavy atom. The van der Waals surface area contributed by atoms with Crippen molar-refractivity contribution in [2.24, 2.45) is 0 Å². The fourth-order valence-corrected chi connectivity index (χ4v) is 1.10. The normalized spacial score (nSPS) is 8.82. The van der Waals surface area contributed by atoms with Crippen LogP contribution in [0.2, 0.25) is 0 Å². The van der Waals surface area contributed by atoms with Gasteiger partial charge in [-0.25, -0.2) is 0 Å². The van der Waals surface area contributed by atoms with Crippen LogP contribution >= 0.6 is 23.9 Å². The molecule has 0 atom stereocenters. The van der Waals surface area contributed by atoms with E-state index in [0.29, 0.717) is 0 Å². The van der Waals surface area contributed by atoms with Gasteiger partial charge in [0.15, 0.2) is 0 Å². The molecule has 17 heteroatoms. The summed E-state index contributed by atoms with van der Waals surface area (Å²) in [5, 5.41) is 0. The van der Waals surface area contributed by atoms with Crippen LogP contribution in [0.3, 0.4) is 0 Å². The maximum absolute atomic E-state index is 9.32. The van der Waals surface area contributed by atoms with E-state index in [1.807, 2.05) is 0 Å². The summed E-state index contributed by atoms with van der Waals surface area (Å²) in [6.07, 6.45) is 0. The molecule has 0 saturated carbocycles. The van der Waals surface area contributed by atoms with E-state index in [4.69, 9.17) is 14.4 Å². The Labute approximate surface area is 186 Å². The molecule has 0 aliphatic carbocycles. The molecule has 0 bridgehead atoms. The van der Waals surface area contributed by atoms with Crippen LogP contribution in [0, 0.1) is 0 Å². The van der Waals surface area contributed by atoms with Crippen molar-refractivity contribution in [2.45, 2.75) is 0 Å². The number of rotatable bonds is 2. The van der Waals surface area contributed by atoms with Gasteiger partial charge in [0.2, 0.25) is 0 Å². The summed E-state index contributed by atoms with van der Waals surface area (Å²) in [5.74, 6) is 0. The first-order valence-electron chi connectivity index (χ1n) is 2.04. The van der Waals surface area contributed by atoms with Crippen LogP contribution < -0.4 is 138 Å². The van der Waals surface area contributed by atoms with Gasteiger partial charge in [-0.05, 0) is 0 Å². The Morgan fingerprint density at radius 3 is 0.941 bits per heavy atom. The largest absolute Gasteiger partial charge is 1.00 e. The minimum Gasteiger partial charge on any atom is -0.790 e. The predicted octanol–water partition coefficient (Wildman–Crippen LogP) is -15.7. The van der Waals surface area contributed by atoms with E-state index < -0.39 is 23.9 Å². The zero-order chi connectivity index (χ0) is 11.3. The molecule has 0 aromatic rings. The summed E-state index contributed by atoms with van der Waals surface area (Å²) >= 11 is 0. The summed E-state index contributed by atoms with van der Waals surface area (Å²) in [4.78, 5) is 51.5. The van der Waals surface area contributed by atoms with Gasteiger partial charge in [0, 0.05) is 4.57 Å². The average Bonchev–Trinajstić information content (AvgIpc) is 1.47. The van der Waals surface area contributed by atoms with Crippen LogP contribution in [-0.2, 0) is 18.0 Å². The van der Waals surface area contributed by atoms with E-state index in [1.54, 1.807) is 0 Å². The predicted molar refractivity (Wildman–Crippen MR) is 28.3 cm³/mol.